The van der Waals surface area contributed by atoms with Crippen LogP contribution in [0.2, 0.25) is 0 Å². The molecule has 2 amide bonds. The monoisotopic (exact) mass is 590 g/mol. The van der Waals surface area contributed by atoms with E-state index in [2.05, 4.69) is 0 Å². The highest BCUT2D eigenvalue weighted by Gasteiger charge is 2.22. The summed E-state index contributed by atoms with van der Waals surface area (Å²) in [5, 5.41) is 0. The third-order valence-electron chi connectivity index (χ3n) is 6.64. The van der Waals surface area contributed by atoms with Crippen LogP contribution in [0, 0.1) is 0 Å². The van der Waals surface area contributed by atoms with Crippen molar-refractivity contribution in [3.05, 3.63) is 54.1 Å². The lowest BCUT2D eigenvalue weighted by Crippen LogP contribution is -2.34. The molecule has 0 atom stereocenters. The number of piperidine rings is 2. The van der Waals surface area contributed by atoms with Gasteiger partial charge in [-0.05, 0) is 76.6 Å². The van der Waals surface area contributed by atoms with Gasteiger partial charge in [-0.15, -0.1) is 0 Å². The summed E-state index contributed by atoms with van der Waals surface area (Å²) in [4.78, 5) is 27.6. The average Bonchev–Trinajstić information content (AvgIpc) is 3.00. The van der Waals surface area contributed by atoms with Crippen LogP contribution < -0.4 is 9.47 Å². The molecule has 0 aliphatic carbocycles. The first-order chi connectivity index (χ1) is 19.9. The number of likely N-dealkylation sites (tertiary alicyclic amines) is 2. The molecule has 0 saturated carbocycles. The van der Waals surface area contributed by atoms with Gasteiger partial charge in [0.15, 0.2) is 0 Å². The van der Waals surface area contributed by atoms with Crippen LogP contribution in [0.15, 0.2) is 48.6 Å². The maximum atomic E-state index is 12.2. The van der Waals surface area contributed by atoms with Crippen molar-refractivity contribution in [2.45, 2.75) is 52.4 Å². The standard InChI is InChI=1S/C18H23NO3.C13H24NO4P/c1-21-16-10-11-17(22-2)15(14-16)8-4-5-9-18(20)19-12-6-3-7-13-19;1-3-17-19(16,18-4-2)12-8-9-13(15)14-10-6-5-7-11-14/h4-5,8-11,14H,3,6-7,12-13H2,1-2H3;8-9H,3-7,10-12H2,1-2H3/b8-4+,9-5+;9-8+. The van der Waals surface area contributed by atoms with E-state index in [0.717, 1.165) is 68.9 Å². The third kappa shape index (κ3) is 12.7. The maximum absolute atomic E-state index is 12.2. The van der Waals surface area contributed by atoms with E-state index >= 15 is 0 Å². The number of ether oxygens (including phenoxy) is 2. The van der Waals surface area contributed by atoms with Gasteiger partial charge in [0.1, 0.15) is 11.5 Å². The third-order valence-corrected chi connectivity index (χ3v) is 8.60. The van der Waals surface area contributed by atoms with Gasteiger partial charge in [-0.2, -0.15) is 0 Å². The summed E-state index contributed by atoms with van der Waals surface area (Å²) in [6.07, 6.45) is 17.1. The number of hydrogen-bond donors (Lipinski definition) is 0. The van der Waals surface area contributed by atoms with Gasteiger partial charge in [0.05, 0.1) is 33.6 Å². The van der Waals surface area contributed by atoms with Crippen LogP contribution in [-0.4, -0.2) is 81.4 Å². The highest BCUT2D eigenvalue weighted by molar-refractivity contribution is 7.54. The van der Waals surface area contributed by atoms with Crippen molar-refractivity contribution in [2.75, 3.05) is 59.8 Å². The number of benzene rings is 1. The van der Waals surface area contributed by atoms with E-state index in [1.165, 1.54) is 18.9 Å². The fourth-order valence-corrected chi connectivity index (χ4v) is 5.96. The lowest BCUT2D eigenvalue weighted by molar-refractivity contribution is -0.127. The number of nitrogens with zero attached hydrogens (tertiary/aromatic N) is 2. The van der Waals surface area contributed by atoms with Gasteiger partial charge in [-0.25, -0.2) is 0 Å². The quantitative estimate of drug-likeness (QED) is 0.165. The minimum atomic E-state index is -3.07. The van der Waals surface area contributed by atoms with E-state index in [-0.39, 0.29) is 18.0 Å². The fraction of sp³-hybridized carbons (Fsp3) is 0.548. The van der Waals surface area contributed by atoms with E-state index in [1.54, 1.807) is 46.3 Å². The highest BCUT2D eigenvalue weighted by Crippen LogP contribution is 2.47. The Morgan fingerprint density at radius 1 is 0.805 bits per heavy atom. The minimum absolute atomic E-state index is 0.0146. The molecule has 0 unspecified atom stereocenters. The number of hydrogen-bond acceptors (Lipinski definition) is 7. The molecule has 1 aromatic rings. The number of carbonyl (C=O) groups is 2. The Balaban J connectivity index is 0.000000290. The van der Waals surface area contributed by atoms with E-state index in [0.29, 0.717) is 13.2 Å². The lowest BCUT2D eigenvalue weighted by Gasteiger charge is -2.25. The van der Waals surface area contributed by atoms with Gasteiger partial charge >= 0.3 is 7.60 Å². The SMILES string of the molecule is CCOP(=O)(C/C=C/C(=O)N1CCCCC1)OCC.COc1ccc(OC)c(/C=C/C=C/C(=O)N2CCCCC2)c1. The number of rotatable bonds is 12. The molecule has 0 aromatic heterocycles. The topological polar surface area (TPSA) is 94.6 Å². The molecule has 228 valence electrons. The molecule has 2 saturated heterocycles. The second kappa shape index (κ2) is 19.3. The number of amides is 2. The molecule has 0 bridgehead atoms. The van der Waals surface area contributed by atoms with Gasteiger partial charge in [-0.1, -0.05) is 24.3 Å². The van der Waals surface area contributed by atoms with Gasteiger partial charge in [-0.3, -0.25) is 14.2 Å². The fourth-order valence-electron chi connectivity index (χ4n) is 4.52. The largest absolute Gasteiger partial charge is 0.497 e. The molecule has 41 heavy (non-hydrogen) atoms. The molecule has 0 N–H and O–H groups in total. The van der Waals surface area contributed by atoms with Gasteiger partial charge in [0, 0.05) is 37.8 Å². The average molecular weight is 591 g/mol. The van der Waals surface area contributed by atoms with Gasteiger partial charge in [0.2, 0.25) is 11.8 Å². The predicted octanol–water partition coefficient (Wildman–Crippen LogP) is 6.11. The predicted molar refractivity (Wildman–Crippen MR) is 163 cm³/mol. The van der Waals surface area contributed by atoms with Crippen LogP contribution in [0.25, 0.3) is 6.08 Å². The van der Waals surface area contributed by atoms with Crippen molar-refractivity contribution in [3.8, 4) is 11.5 Å². The van der Waals surface area contributed by atoms with Crippen LogP contribution in [0.5, 0.6) is 11.5 Å². The van der Waals surface area contributed by atoms with Gasteiger partial charge in [0.25, 0.3) is 0 Å². The van der Waals surface area contributed by atoms with Crippen molar-refractivity contribution in [3.63, 3.8) is 0 Å². The summed E-state index contributed by atoms with van der Waals surface area (Å²) in [6.45, 7) is 7.60. The molecule has 0 radical (unpaired) electrons. The first kappa shape index (κ1) is 34.3. The van der Waals surface area contributed by atoms with Crippen molar-refractivity contribution in [2.24, 2.45) is 0 Å². The second-order valence-electron chi connectivity index (χ2n) is 9.63. The van der Waals surface area contributed by atoms with E-state index in [4.69, 9.17) is 18.5 Å². The Morgan fingerprint density at radius 3 is 1.88 bits per heavy atom. The molecular formula is C31H47N2O7P. The van der Waals surface area contributed by atoms with Crippen molar-refractivity contribution >= 4 is 25.5 Å². The van der Waals surface area contributed by atoms with Gasteiger partial charge < -0.3 is 28.3 Å². The Kier molecular flexibility index (Phi) is 16.2. The van der Waals surface area contributed by atoms with Crippen LogP contribution in [0.4, 0.5) is 0 Å². The highest BCUT2D eigenvalue weighted by atomic mass is 31.2. The van der Waals surface area contributed by atoms with Crippen molar-refractivity contribution < 1.29 is 32.7 Å². The van der Waals surface area contributed by atoms with E-state index in [9.17, 15) is 14.2 Å². The first-order valence-corrected chi connectivity index (χ1v) is 16.3. The molecule has 2 aliphatic heterocycles. The maximum Gasteiger partial charge on any atom is 0.334 e. The minimum Gasteiger partial charge on any atom is -0.497 e. The Hall–Kier alpha value is -2.87. The van der Waals surface area contributed by atoms with Crippen LogP contribution in [0.1, 0.15) is 57.9 Å². The molecule has 0 spiro atoms. The molecule has 3 rings (SSSR count). The number of allylic oxidation sites excluding steroid dienone is 3. The summed E-state index contributed by atoms with van der Waals surface area (Å²) < 4.78 is 33.0. The molecule has 2 fully saturated rings. The molecule has 2 aliphatic rings. The first-order valence-electron chi connectivity index (χ1n) is 14.5. The normalized spacial score (nSPS) is 16.2. The molecular weight excluding hydrogens is 543 g/mol. The number of methoxy groups -OCH3 is 2. The second-order valence-corrected chi connectivity index (χ2v) is 11.7. The number of carbonyl (C=O) groups excluding carboxylic acids is 2. The van der Waals surface area contributed by atoms with Crippen LogP contribution in [-0.2, 0) is 23.2 Å². The summed E-state index contributed by atoms with van der Waals surface area (Å²) in [5.74, 6) is 1.61. The summed E-state index contributed by atoms with van der Waals surface area (Å²) in [7, 11) is 0.192. The molecule has 9 nitrogen and oxygen atoms in total. The Bertz CT molecular complexity index is 1060. The van der Waals surface area contributed by atoms with Crippen LogP contribution in [0.3, 0.4) is 0 Å². The lowest BCUT2D eigenvalue weighted by atomic mass is 10.1. The van der Waals surface area contributed by atoms with E-state index < -0.39 is 7.60 Å². The van der Waals surface area contributed by atoms with Crippen LogP contribution >= 0.6 is 7.60 Å². The smallest absolute Gasteiger partial charge is 0.334 e. The summed E-state index contributed by atoms with van der Waals surface area (Å²) >= 11 is 0. The molecule has 2 heterocycles. The van der Waals surface area contributed by atoms with E-state index in [1.807, 2.05) is 40.2 Å². The summed E-state index contributed by atoms with van der Waals surface area (Å²) in [5.41, 5.74) is 0.914. The molecule has 1 aromatic carbocycles. The zero-order valence-corrected chi connectivity index (χ0v) is 26.0. The van der Waals surface area contributed by atoms with Crippen molar-refractivity contribution in [1.82, 2.24) is 9.80 Å². The Morgan fingerprint density at radius 2 is 1.37 bits per heavy atom. The molecule has 10 heteroatoms. The zero-order chi connectivity index (χ0) is 29.9. The zero-order valence-electron chi connectivity index (χ0n) is 25.1. The Labute approximate surface area is 245 Å². The van der Waals surface area contributed by atoms with Crippen molar-refractivity contribution in [1.29, 1.82) is 0 Å². The summed E-state index contributed by atoms with van der Waals surface area (Å²) in [6, 6.07) is 5.61.